The summed E-state index contributed by atoms with van der Waals surface area (Å²) in [5.74, 6) is 0. The van der Waals surface area contributed by atoms with Crippen molar-refractivity contribution < 1.29 is 0 Å². The third kappa shape index (κ3) is 0.657. The Balaban J connectivity index is 3.09. The van der Waals surface area contributed by atoms with Gasteiger partial charge in [0.05, 0.1) is 6.07 Å². The van der Waals surface area contributed by atoms with E-state index < -0.39 is 0 Å². The van der Waals surface area contributed by atoms with Crippen LogP contribution in [0.25, 0.3) is 4.96 Å². The molecular weight excluding hydrogens is 148 g/mol. The molecule has 0 saturated carbocycles. The number of rotatable bonds is 0. The summed E-state index contributed by atoms with van der Waals surface area (Å²) in [7, 11) is 0. The minimum Gasteiger partial charge on any atom is -0.268 e. The molecule has 0 aromatic carbocycles. The second-order valence-electron chi connectivity index (χ2n) is 1.76. The van der Waals surface area contributed by atoms with Crippen molar-refractivity contribution in [2.24, 2.45) is 0 Å². The molecule has 0 aliphatic heterocycles. The lowest BCUT2D eigenvalue weighted by Crippen LogP contribution is -2.09. The number of hydrogen-bond donors (Lipinski definition) is 0. The fourth-order valence-corrected chi connectivity index (χ4v) is 1.41. The Morgan fingerprint density at radius 1 is 1.70 bits per heavy atom. The van der Waals surface area contributed by atoms with Crippen LogP contribution < -0.4 is 5.56 Å². The van der Waals surface area contributed by atoms with Crippen LogP contribution in [0.15, 0.2) is 22.6 Å². The highest BCUT2D eigenvalue weighted by molar-refractivity contribution is 7.15. The maximum absolute atomic E-state index is 10.9. The molecule has 4 heteroatoms. The first kappa shape index (κ1) is 5.61. The van der Waals surface area contributed by atoms with Gasteiger partial charge in [-0.25, -0.2) is 4.98 Å². The molecule has 0 fully saturated rings. The zero-order chi connectivity index (χ0) is 6.97. The van der Waals surface area contributed by atoms with Crippen LogP contribution >= 0.6 is 11.3 Å². The number of aromatic nitrogens is 2. The highest BCUT2D eigenvalue weighted by Gasteiger charge is 1.94. The van der Waals surface area contributed by atoms with Crippen molar-refractivity contribution in [2.75, 3.05) is 0 Å². The quantitative estimate of drug-likeness (QED) is 0.551. The first-order valence-electron chi connectivity index (χ1n) is 2.70. The van der Waals surface area contributed by atoms with Crippen molar-refractivity contribution in [3.8, 4) is 0 Å². The molecule has 0 aliphatic carbocycles. The van der Waals surface area contributed by atoms with Gasteiger partial charge in [-0.3, -0.25) is 9.20 Å². The monoisotopic (exact) mass is 151 g/mol. The van der Waals surface area contributed by atoms with Crippen LogP contribution in [0.5, 0.6) is 0 Å². The lowest BCUT2D eigenvalue weighted by atomic mass is 10.6. The highest BCUT2D eigenvalue weighted by atomic mass is 32.1. The van der Waals surface area contributed by atoms with E-state index in [1.54, 1.807) is 6.20 Å². The molecule has 0 amide bonds. The third-order valence-electron chi connectivity index (χ3n) is 1.17. The van der Waals surface area contributed by atoms with E-state index in [-0.39, 0.29) is 5.56 Å². The van der Waals surface area contributed by atoms with Crippen molar-refractivity contribution in [3.63, 3.8) is 0 Å². The highest BCUT2D eigenvalue weighted by Crippen LogP contribution is 2.02. The van der Waals surface area contributed by atoms with Gasteiger partial charge in [0.25, 0.3) is 5.56 Å². The van der Waals surface area contributed by atoms with Gasteiger partial charge < -0.3 is 0 Å². The van der Waals surface area contributed by atoms with E-state index in [2.05, 4.69) is 11.1 Å². The van der Waals surface area contributed by atoms with Gasteiger partial charge in [0, 0.05) is 17.8 Å². The lowest BCUT2D eigenvalue weighted by molar-refractivity contribution is 1.07. The van der Waals surface area contributed by atoms with Crippen molar-refractivity contribution in [2.45, 2.75) is 0 Å². The summed E-state index contributed by atoms with van der Waals surface area (Å²) in [5.41, 5.74) is -0.147. The average molecular weight is 151 g/mol. The standard InChI is InChI=1S/C6H3N2OS/c9-5-1-2-7-6-8(5)3-4-10-6/h2-4H. The van der Waals surface area contributed by atoms with Crippen molar-refractivity contribution in [1.82, 2.24) is 9.38 Å². The smallest absolute Gasteiger partial charge is 0.266 e. The molecule has 2 aromatic heterocycles. The van der Waals surface area contributed by atoms with E-state index in [1.165, 1.54) is 21.9 Å². The van der Waals surface area contributed by atoms with Gasteiger partial charge in [-0.15, -0.1) is 11.3 Å². The molecule has 2 heterocycles. The summed E-state index contributed by atoms with van der Waals surface area (Å²) >= 11 is 1.43. The largest absolute Gasteiger partial charge is 0.268 e. The van der Waals surface area contributed by atoms with Crippen molar-refractivity contribution in [3.05, 3.63) is 34.2 Å². The van der Waals surface area contributed by atoms with E-state index in [9.17, 15) is 4.79 Å². The molecule has 0 N–H and O–H groups in total. The third-order valence-corrected chi connectivity index (χ3v) is 1.94. The summed E-state index contributed by atoms with van der Waals surface area (Å²) in [5, 5.41) is 1.82. The Bertz CT molecular complexity index is 403. The fourth-order valence-electron chi connectivity index (χ4n) is 0.732. The number of hydrogen-bond acceptors (Lipinski definition) is 3. The van der Waals surface area contributed by atoms with E-state index in [4.69, 9.17) is 0 Å². The molecule has 0 spiro atoms. The molecule has 0 saturated heterocycles. The first-order chi connectivity index (χ1) is 4.88. The molecule has 0 atom stereocenters. The summed E-state index contributed by atoms with van der Waals surface area (Å²) in [6.45, 7) is 0. The maximum atomic E-state index is 10.9. The Morgan fingerprint density at radius 2 is 2.60 bits per heavy atom. The van der Waals surface area contributed by atoms with Gasteiger partial charge in [-0.05, 0) is 0 Å². The predicted molar refractivity (Wildman–Crippen MR) is 38.2 cm³/mol. The number of fused-ring (bicyclic) bond motifs is 1. The number of thiazole rings is 1. The molecule has 0 bridgehead atoms. The Labute approximate surface area is 60.6 Å². The van der Waals surface area contributed by atoms with E-state index in [0.29, 0.717) is 4.96 Å². The van der Waals surface area contributed by atoms with Gasteiger partial charge in [0.15, 0.2) is 4.96 Å². The minimum absolute atomic E-state index is 0.147. The SMILES string of the molecule is O=c1[c]cnc2sccn12. The molecule has 0 unspecified atom stereocenters. The van der Waals surface area contributed by atoms with Gasteiger partial charge in [0.2, 0.25) is 0 Å². The van der Waals surface area contributed by atoms with E-state index in [0.717, 1.165) is 0 Å². The molecule has 2 rings (SSSR count). The molecule has 49 valence electrons. The second-order valence-corrected chi connectivity index (χ2v) is 2.64. The van der Waals surface area contributed by atoms with Crippen LogP contribution in [0.4, 0.5) is 0 Å². The normalized spacial score (nSPS) is 10.4. The lowest BCUT2D eigenvalue weighted by Gasteiger charge is -1.85. The summed E-state index contributed by atoms with van der Waals surface area (Å²) in [6, 6.07) is 2.46. The van der Waals surface area contributed by atoms with Crippen LogP contribution in [0.2, 0.25) is 0 Å². The molecular formula is C6H3N2OS. The van der Waals surface area contributed by atoms with Gasteiger partial charge in [0.1, 0.15) is 0 Å². The Morgan fingerprint density at radius 3 is 3.40 bits per heavy atom. The summed E-state index contributed by atoms with van der Waals surface area (Å²) in [4.78, 5) is 15.6. The zero-order valence-corrected chi connectivity index (χ0v) is 5.76. The van der Waals surface area contributed by atoms with Crippen LogP contribution in [0.1, 0.15) is 0 Å². The van der Waals surface area contributed by atoms with Crippen LogP contribution in [0, 0.1) is 6.07 Å². The maximum Gasteiger partial charge on any atom is 0.266 e. The molecule has 0 aliphatic rings. The van der Waals surface area contributed by atoms with Crippen molar-refractivity contribution in [1.29, 1.82) is 0 Å². The molecule has 1 radical (unpaired) electrons. The van der Waals surface area contributed by atoms with E-state index >= 15 is 0 Å². The fraction of sp³-hybridized carbons (Fsp3) is 0. The Hall–Kier alpha value is -1.16. The first-order valence-corrected chi connectivity index (χ1v) is 3.58. The van der Waals surface area contributed by atoms with Crippen molar-refractivity contribution >= 4 is 16.3 Å². The second kappa shape index (κ2) is 1.91. The average Bonchev–Trinajstić information content (AvgIpc) is 2.36. The molecule has 2 aromatic rings. The van der Waals surface area contributed by atoms with Gasteiger partial charge in [-0.1, -0.05) is 0 Å². The van der Waals surface area contributed by atoms with Gasteiger partial charge in [-0.2, -0.15) is 0 Å². The molecule has 3 nitrogen and oxygen atoms in total. The van der Waals surface area contributed by atoms with Crippen LogP contribution in [-0.4, -0.2) is 9.38 Å². The number of nitrogens with zero attached hydrogens (tertiary/aromatic N) is 2. The zero-order valence-electron chi connectivity index (χ0n) is 4.94. The van der Waals surface area contributed by atoms with Gasteiger partial charge >= 0.3 is 0 Å². The van der Waals surface area contributed by atoms with Crippen LogP contribution in [0.3, 0.4) is 0 Å². The van der Waals surface area contributed by atoms with Crippen LogP contribution in [-0.2, 0) is 0 Å². The predicted octanol–water partition coefficient (Wildman–Crippen LogP) is 0.556. The molecule has 10 heavy (non-hydrogen) atoms. The summed E-state index contributed by atoms with van der Waals surface area (Å²) < 4.78 is 1.46. The minimum atomic E-state index is -0.147. The topological polar surface area (TPSA) is 34.4 Å². The summed E-state index contributed by atoms with van der Waals surface area (Å²) in [6.07, 6.45) is 3.08. The Kier molecular flexibility index (Phi) is 1.07. The van der Waals surface area contributed by atoms with E-state index in [1.807, 2.05) is 5.38 Å².